The van der Waals surface area contributed by atoms with Crippen LogP contribution in [0.2, 0.25) is 0 Å². The van der Waals surface area contributed by atoms with E-state index in [9.17, 15) is 4.79 Å². The van der Waals surface area contributed by atoms with E-state index in [1.54, 1.807) is 19.2 Å². The molecule has 0 radical (unpaired) electrons. The lowest BCUT2D eigenvalue weighted by atomic mass is 10.1. The number of halogens is 1. The Balaban J connectivity index is 1.70. The number of benzene rings is 1. The number of carbonyl (C=O) groups excluding carboxylic acids is 1. The molecule has 1 aliphatic rings. The van der Waals surface area contributed by atoms with E-state index in [0.717, 1.165) is 28.9 Å². The summed E-state index contributed by atoms with van der Waals surface area (Å²) in [6.45, 7) is 4.29. The molecule has 5 nitrogen and oxygen atoms in total. The molecule has 0 N–H and O–H groups in total. The van der Waals surface area contributed by atoms with Crippen LogP contribution in [0.5, 0.6) is 0 Å². The molecule has 0 amide bonds. The Labute approximate surface area is 149 Å². The summed E-state index contributed by atoms with van der Waals surface area (Å²) in [6, 6.07) is 11.8. The van der Waals surface area contributed by atoms with E-state index in [0.29, 0.717) is 18.8 Å². The molecular weight excluding hydrogens is 372 g/mol. The largest absolute Gasteiger partial charge is 0.462 e. The van der Waals surface area contributed by atoms with Crippen LogP contribution in [0.3, 0.4) is 0 Å². The highest BCUT2D eigenvalue weighted by atomic mass is 79.9. The van der Waals surface area contributed by atoms with Gasteiger partial charge in [-0.3, -0.25) is 0 Å². The van der Waals surface area contributed by atoms with Crippen LogP contribution >= 0.6 is 15.9 Å². The maximum absolute atomic E-state index is 11.7. The number of aromatic nitrogens is 1. The molecule has 0 spiro atoms. The second-order valence-electron chi connectivity index (χ2n) is 5.48. The number of esters is 1. The van der Waals surface area contributed by atoms with Crippen LogP contribution < -0.4 is 4.90 Å². The number of hydrogen-bond donors (Lipinski definition) is 0. The molecule has 24 heavy (non-hydrogen) atoms. The highest BCUT2D eigenvalue weighted by molar-refractivity contribution is 9.10. The minimum absolute atomic E-state index is 0.0124. The molecule has 1 aromatic heterocycles. The van der Waals surface area contributed by atoms with E-state index >= 15 is 0 Å². The Morgan fingerprint density at radius 2 is 2.12 bits per heavy atom. The molecule has 1 unspecified atom stereocenters. The average molecular weight is 391 g/mol. The molecule has 2 aromatic rings. The van der Waals surface area contributed by atoms with Gasteiger partial charge in [0.1, 0.15) is 11.9 Å². The van der Waals surface area contributed by atoms with E-state index < -0.39 is 0 Å². The van der Waals surface area contributed by atoms with Crippen molar-refractivity contribution in [2.75, 3.05) is 31.2 Å². The number of hydrogen-bond acceptors (Lipinski definition) is 5. The first-order chi connectivity index (χ1) is 11.7. The van der Waals surface area contributed by atoms with Crippen molar-refractivity contribution in [1.29, 1.82) is 0 Å². The van der Waals surface area contributed by atoms with Crippen LogP contribution in [0, 0.1) is 0 Å². The Hall–Kier alpha value is -1.92. The maximum atomic E-state index is 11.7. The summed E-state index contributed by atoms with van der Waals surface area (Å²) in [7, 11) is 0. The van der Waals surface area contributed by atoms with E-state index in [-0.39, 0.29) is 12.1 Å². The van der Waals surface area contributed by atoms with E-state index in [1.807, 2.05) is 18.2 Å². The van der Waals surface area contributed by atoms with Crippen LogP contribution in [-0.2, 0) is 9.47 Å². The van der Waals surface area contributed by atoms with Crippen LogP contribution in [-0.4, -0.2) is 37.3 Å². The molecular formula is C18H19BrN2O3. The topological polar surface area (TPSA) is 51.7 Å². The zero-order valence-electron chi connectivity index (χ0n) is 13.4. The molecule has 3 rings (SSSR count). The number of pyridine rings is 1. The highest BCUT2D eigenvalue weighted by Gasteiger charge is 2.23. The Morgan fingerprint density at radius 3 is 2.79 bits per heavy atom. The van der Waals surface area contributed by atoms with Crippen molar-refractivity contribution in [1.82, 2.24) is 4.98 Å². The van der Waals surface area contributed by atoms with Crippen molar-refractivity contribution < 1.29 is 14.3 Å². The molecule has 6 heteroatoms. The second kappa shape index (κ2) is 7.77. The maximum Gasteiger partial charge on any atom is 0.339 e. The fourth-order valence-corrected chi connectivity index (χ4v) is 2.91. The van der Waals surface area contributed by atoms with E-state index in [2.05, 4.69) is 37.9 Å². The van der Waals surface area contributed by atoms with Gasteiger partial charge in [0.05, 0.1) is 18.8 Å². The molecule has 2 heterocycles. The smallest absolute Gasteiger partial charge is 0.339 e. The van der Waals surface area contributed by atoms with Gasteiger partial charge in [-0.1, -0.05) is 28.1 Å². The van der Waals surface area contributed by atoms with Gasteiger partial charge in [-0.2, -0.15) is 0 Å². The summed E-state index contributed by atoms with van der Waals surface area (Å²) in [5, 5.41) is 0. The van der Waals surface area contributed by atoms with Crippen molar-refractivity contribution in [2.24, 2.45) is 0 Å². The predicted octanol–water partition coefficient (Wildman–Crippen LogP) is 3.60. The zero-order valence-corrected chi connectivity index (χ0v) is 15.0. The van der Waals surface area contributed by atoms with Gasteiger partial charge < -0.3 is 14.4 Å². The van der Waals surface area contributed by atoms with Gasteiger partial charge >= 0.3 is 5.97 Å². The normalized spacial score (nSPS) is 17.6. The summed E-state index contributed by atoms with van der Waals surface area (Å²) in [5.74, 6) is 0.500. The van der Waals surface area contributed by atoms with Crippen molar-refractivity contribution in [3.8, 4) is 0 Å². The SMILES string of the molecule is CCOC(=O)c1ccc(N2CCOC(c3ccc(Br)cc3)C2)nc1. The third kappa shape index (κ3) is 3.94. The van der Waals surface area contributed by atoms with Gasteiger partial charge in [-0.05, 0) is 36.8 Å². The third-order valence-electron chi connectivity index (χ3n) is 3.89. The first-order valence-corrected chi connectivity index (χ1v) is 8.72. The van der Waals surface area contributed by atoms with Gasteiger partial charge in [-0.25, -0.2) is 9.78 Å². The first kappa shape index (κ1) is 16.9. The second-order valence-corrected chi connectivity index (χ2v) is 6.40. The number of carbonyl (C=O) groups is 1. The Bertz CT molecular complexity index is 688. The standard InChI is InChI=1S/C18H19BrN2O3/c1-2-23-18(22)14-5-8-17(20-11-14)21-9-10-24-16(12-21)13-3-6-15(19)7-4-13/h3-8,11,16H,2,9-10,12H2,1H3. The van der Waals surface area contributed by atoms with Crippen molar-refractivity contribution >= 4 is 27.7 Å². The van der Waals surface area contributed by atoms with Crippen LogP contribution in [0.25, 0.3) is 0 Å². The summed E-state index contributed by atoms with van der Waals surface area (Å²) in [5.41, 5.74) is 1.62. The van der Waals surface area contributed by atoms with Crippen LogP contribution in [0.4, 0.5) is 5.82 Å². The molecule has 0 bridgehead atoms. The Kier molecular flexibility index (Phi) is 5.48. The quantitative estimate of drug-likeness (QED) is 0.746. The van der Waals surface area contributed by atoms with Gasteiger partial charge in [-0.15, -0.1) is 0 Å². The molecule has 0 aliphatic carbocycles. The lowest BCUT2D eigenvalue weighted by Gasteiger charge is -2.34. The molecule has 126 valence electrons. The highest BCUT2D eigenvalue weighted by Crippen LogP contribution is 2.26. The average Bonchev–Trinajstić information content (AvgIpc) is 2.63. The molecule has 1 saturated heterocycles. The number of ether oxygens (including phenoxy) is 2. The summed E-state index contributed by atoms with van der Waals surface area (Å²) in [4.78, 5) is 18.3. The zero-order chi connectivity index (χ0) is 16.9. The monoisotopic (exact) mass is 390 g/mol. The molecule has 1 fully saturated rings. The number of rotatable bonds is 4. The molecule has 0 saturated carbocycles. The lowest BCUT2D eigenvalue weighted by Crippen LogP contribution is -2.38. The fraction of sp³-hybridized carbons (Fsp3) is 0.333. The van der Waals surface area contributed by atoms with Crippen molar-refractivity contribution in [2.45, 2.75) is 13.0 Å². The van der Waals surface area contributed by atoms with Crippen molar-refractivity contribution in [3.05, 3.63) is 58.2 Å². The van der Waals surface area contributed by atoms with Crippen molar-refractivity contribution in [3.63, 3.8) is 0 Å². The number of anilines is 1. The molecule has 1 aliphatic heterocycles. The Morgan fingerprint density at radius 1 is 1.33 bits per heavy atom. The summed E-state index contributed by atoms with van der Waals surface area (Å²) >= 11 is 3.45. The minimum atomic E-state index is -0.341. The predicted molar refractivity (Wildman–Crippen MR) is 95.2 cm³/mol. The van der Waals surface area contributed by atoms with Gasteiger partial charge in [0.15, 0.2) is 0 Å². The number of morpholine rings is 1. The van der Waals surface area contributed by atoms with Gasteiger partial charge in [0.25, 0.3) is 0 Å². The molecule has 1 atom stereocenters. The first-order valence-electron chi connectivity index (χ1n) is 7.92. The third-order valence-corrected chi connectivity index (χ3v) is 4.42. The van der Waals surface area contributed by atoms with Gasteiger partial charge in [0, 0.05) is 23.8 Å². The van der Waals surface area contributed by atoms with Gasteiger partial charge in [0.2, 0.25) is 0 Å². The minimum Gasteiger partial charge on any atom is -0.462 e. The van der Waals surface area contributed by atoms with Crippen LogP contribution in [0.15, 0.2) is 47.1 Å². The lowest BCUT2D eigenvalue weighted by molar-refractivity contribution is 0.0395. The number of nitrogens with zero attached hydrogens (tertiary/aromatic N) is 2. The fourth-order valence-electron chi connectivity index (χ4n) is 2.64. The molecule has 1 aromatic carbocycles. The summed E-state index contributed by atoms with van der Waals surface area (Å²) < 4.78 is 11.9. The van der Waals surface area contributed by atoms with E-state index in [4.69, 9.17) is 9.47 Å². The van der Waals surface area contributed by atoms with Crippen LogP contribution in [0.1, 0.15) is 28.9 Å². The van der Waals surface area contributed by atoms with E-state index in [1.165, 1.54) is 0 Å². The summed E-state index contributed by atoms with van der Waals surface area (Å²) in [6.07, 6.45) is 1.58.